The largest absolute Gasteiger partial charge is 0.489 e. The number of hydrogen-bond donors (Lipinski definition) is 1. The van der Waals surface area contributed by atoms with E-state index in [-0.39, 0.29) is 25.5 Å². The maximum Gasteiger partial charge on any atom is 0.302 e. The van der Waals surface area contributed by atoms with Gasteiger partial charge in [-0.05, 0) is 17.7 Å². The van der Waals surface area contributed by atoms with Crippen LogP contribution in [-0.2, 0) is 16.1 Å². The summed E-state index contributed by atoms with van der Waals surface area (Å²) in [5, 5.41) is 20.8. The summed E-state index contributed by atoms with van der Waals surface area (Å²) >= 11 is 0. The molecule has 0 saturated carbocycles. The monoisotopic (exact) mass is 345 g/mol. The fourth-order valence-electron chi connectivity index (χ4n) is 2.32. The zero-order valence-corrected chi connectivity index (χ0v) is 13.8. The summed E-state index contributed by atoms with van der Waals surface area (Å²) in [5.74, 6) is -0.833. The van der Waals surface area contributed by atoms with E-state index in [0.29, 0.717) is 11.3 Å². The Labute approximate surface area is 145 Å². The molecule has 7 nitrogen and oxygen atoms in total. The van der Waals surface area contributed by atoms with Crippen molar-refractivity contribution in [1.29, 1.82) is 0 Å². The molecule has 1 atom stereocenters. The first-order valence-corrected chi connectivity index (χ1v) is 7.70. The Morgan fingerprint density at radius 2 is 1.96 bits per heavy atom. The first kappa shape index (κ1) is 18.4. The van der Waals surface area contributed by atoms with E-state index in [1.165, 1.54) is 19.1 Å². The molecule has 1 N–H and O–H groups in total. The molecule has 2 rings (SSSR count). The van der Waals surface area contributed by atoms with Gasteiger partial charge in [-0.25, -0.2) is 0 Å². The Hall–Kier alpha value is -2.93. The molecule has 0 aromatic heterocycles. The van der Waals surface area contributed by atoms with E-state index in [9.17, 15) is 20.0 Å². The zero-order chi connectivity index (χ0) is 18.2. The molecule has 0 heterocycles. The van der Waals surface area contributed by atoms with Gasteiger partial charge in [0, 0.05) is 18.4 Å². The molecule has 0 bridgehead atoms. The van der Waals surface area contributed by atoms with Crippen LogP contribution in [0.4, 0.5) is 5.69 Å². The maximum atomic E-state index is 11.4. The maximum absolute atomic E-state index is 11.4. The van der Waals surface area contributed by atoms with Gasteiger partial charge in [-0.15, -0.1) is 0 Å². The van der Waals surface area contributed by atoms with Crippen LogP contribution in [0.15, 0.2) is 48.5 Å². The predicted molar refractivity (Wildman–Crippen MR) is 90.3 cm³/mol. The van der Waals surface area contributed by atoms with Gasteiger partial charge < -0.3 is 14.6 Å². The second-order valence-corrected chi connectivity index (χ2v) is 5.43. The minimum absolute atomic E-state index is 0.128. The molecule has 0 aliphatic rings. The van der Waals surface area contributed by atoms with Gasteiger partial charge >= 0.3 is 5.97 Å². The summed E-state index contributed by atoms with van der Waals surface area (Å²) in [6.07, 6.45) is 0. The van der Waals surface area contributed by atoms with Crippen LogP contribution in [0.2, 0.25) is 0 Å². The molecule has 0 fully saturated rings. The van der Waals surface area contributed by atoms with E-state index in [1.54, 1.807) is 6.07 Å². The van der Waals surface area contributed by atoms with Crippen LogP contribution >= 0.6 is 0 Å². The van der Waals surface area contributed by atoms with Crippen molar-refractivity contribution in [3.63, 3.8) is 0 Å². The molecule has 7 heteroatoms. The van der Waals surface area contributed by atoms with Crippen molar-refractivity contribution < 1.29 is 24.3 Å². The number of nitro groups is 1. The van der Waals surface area contributed by atoms with Crippen LogP contribution in [0.25, 0.3) is 0 Å². The van der Waals surface area contributed by atoms with Crippen molar-refractivity contribution in [2.24, 2.45) is 0 Å². The summed E-state index contributed by atoms with van der Waals surface area (Å²) in [6, 6.07) is 13.9. The van der Waals surface area contributed by atoms with Gasteiger partial charge in [-0.3, -0.25) is 14.9 Å². The standard InChI is InChI=1S/C18H19NO6/c1-13(21)24-12-15(10-20)17-8-7-16(9-18(17)19(22)23)25-11-14-5-3-2-4-6-14/h2-9,15,20H,10-12H2,1H3/t15-/m1/s1. The van der Waals surface area contributed by atoms with Crippen molar-refractivity contribution in [2.75, 3.05) is 13.2 Å². The number of carbonyl (C=O) groups is 1. The Bertz CT molecular complexity index is 732. The second-order valence-electron chi connectivity index (χ2n) is 5.43. The van der Waals surface area contributed by atoms with Crippen LogP contribution < -0.4 is 4.74 Å². The predicted octanol–water partition coefficient (Wildman–Crippen LogP) is 2.81. The Morgan fingerprint density at radius 3 is 2.56 bits per heavy atom. The lowest BCUT2D eigenvalue weighted by Gasteiger charge is -2.15. The van der Waals surface area contributed by atoms with Crippen LogP contribution in [-0.4, -0.2) is 29.2 Å². The molecule has 0 aliphatic carbocycles. The third-order valence-corrected chi connectivity index (χ3v) is 3.59. The molecule has 132 valence electrons. The van der Waals surface area contributed by atoms with Gasteiger partial charge in [-0.1, -0.05) is 30.3 Å². The molecule has 0 saturated heterocycles. The molecule has 2 aromatic carbocycles. The van der Waals surface area contributed by atoms with Crippen molar-refractivity contribution in [3.8, 4) is 5.75 Å². The van der Waals surface area contributed by atoms with Gasteiger partial charge in [0.1, 0.15) is 19.0 Å². The highest BCUT2D eigenvalue weighted by atomic mass is 16.6. The minimum atomic E-state index is -0.674. The topological polar surface area (TPSA) is 98.9 Å². The number of carbonyl (C=O) groups excluding carboxylic acids is 1. The number of nitrogens with zero attached hydrogens (tertiary/aromatic N) is 1. The quantitative estimate of drug-likeness (QED) is 0.449. The van der Waals surface area contributed by atoms with Crippen molar-refractivity contribution >= 4 is 11.7 Å². The lowest BCUT2D eigenvalue weighted by Crippen LogP contribution is -2.15. The first-order chi connectivity index (χ1) is 12.0. The lowest BCUT2D eigenvalue weighted by molar-refractivity contribution is -0.385. The van der Waals surface area contributed by atoms with Crippen LogP contribution in [0.5, 0.6) is 5.75 Å². The number of nitro benzene ring substituents is 1. The average Bonchev–Trinajstić information content (AvgIpc) is 2.61. The molecule has 0 amide bonds. The van der Waals surface area contributed by atoms with Gasteiger partial charge in [0.25, 0.3) is 5.69 Å². The third kappa shape index (κ3) is 5.29. The highest BCUT2D eigenvalue weighted by Gasteiger charge is 2.23. The first-order valence-electron chi connectivity index (χ1n) is 7.70. The average molecular weight is 345 g/mol. The second kappa shape index (κ2) is 8.79. The Balaban J connectivity index is 2.18. The molecular formula is C18H19NO6. The van der Waals surface area contributed by atoms with Gasteiger partial charge in [0.15, 0.2) is 0 Å². The van der Waals surface area contributed by atoms with E-state index in [1.807, 2.05) is 30.3 Å². The number of aliphatic hydroxyl groups is 1. The van der Waals surface area contributed by atoms with Crippen LogP contribution in [0.3, 0.4) is 0 Å². The van der Waals surface area contributed by atoms with Crippen LogP contribution in [0, 0.1) is 10.1 Å². The van der Waals surface area contributed by atoms with Gasteiger partial charge in [0.2, 0.25) is 0 Å². The van der Waals surface area contributed by atoms with E-state index in [0.717, 1.165) is 5.56 Å². The summed E-state index contributed by atoms with van der Waals surface area (Å²) in [7, 11) is 0. The fraction of sp³-hybridized carbons (Fsp3) is 0.278. The van der Waals surface area contributed by atoms with Crippen LogP contribution in [0.1, 0.15) is 24.0 Å². The van der Waals surface area contributed by atoms with E-state index < -0.39 is 16.8 Å². The normalized spacial score (nSPS) is 11.6. The zero-order valence-electron chi connectivity index (χ0n) is 13.8. The summed E-state index contributed by atoms with van der Waals surface area (Å²) in [6.45, 7) is 1.02. The fourth-order valence-corrected chi connectivity index (χ4v) is 2.32. The van der Waals surface area contributed by atoms with E-state index in [2.05, 4.69) is 0 Å². The highest BCUT2D eigenvalue weighted by molar-refractivity contribution is 5.66. The number of aliphatic hydroxyl groups excluding tert-OH is 1. The van der Waals surface area contributed by atoms with Gasteiger partial charge in [0.05, 0.1) is 17.6 Å². The molecule has 0 unspecified atom stereocenters. The molecule has 0 aliphatic heterocycles. The summed E-state index contributed by atoms with van der Waals surface area (Å²) in [4.78, 5) is 21.8. The number of esters is 1. The van der Waals surface area contributed by atoms with Crippen molar-refractivity contribution in [2.45, 2.75) is 19.4 Å². The number of ether oxygens (including phenoxy) is 2. The molecule has 25 heavy (non-hydrogen) atoms. The smallest absolute Gasteiger partial charge is 0.302 e. The van der Waals surface area contributed by atoms with Crippen molar-refractivity contribution in [3.05, 3.63) is 69.8 Å². The van der Waals surface area contributed by atoms with E-state index in [4.69, 9.17) is 9.47 Å². The number of hydrogen-bond acceptors (Lipinski definition) is 6. The molecule has 0 radical (unpaired) electrons. The van der Waals surface area contributed by atoms with E-state index >= 15 is 0 Å². The van der Waals surface area contributed by atoms with Crippen molar-refractivity contribution in [1.82, 2.24) is 0 Å². The summed E-state index contributed by atoms with van der Waals surface area (Å²) < 4.78 is 10.5. The minimum Gasteiger partial charge on any atom is -0.489 e. The third-order valence-electron chi connectivity index (χ3n) is 3.59. The highest BCUT2D eigenvalue weighted by Crippen LogP contribution is 2.31. The Morgan fingerprint density at radius 1 is 1.24 bits per heavy atom. The van der Waals surface area contributed by atoms with Gasteiger partial charge in [-0.2, -0.15) is 0 Å². The number of rotatable bonds is 8. The Kier molecular flexibility index (Phi) is 6.47. The lowest BCUT2D eigenvalue weighted by atomic mass is 9.98. The number of benzene rings is 2. The molecule has 0 spiro atoms. The molecular weight excluding hydrogens is 326 g/mol. The summed E-state index contributed by atoms with van der Waals surface area (Å²) in [5.41, 5.74) is 1.05. The molecule has 2 aromatic rings. The SMILES string of the molecule is CC(=O)OC[C@@H](CO)c1ccc(OCc2ccccc2)cc1[N+](=O)[O-].